The first-order chi connectivity index (χ1) is 13.0. The maximum Gasteiger partial charge on any atom is 0.317 e. The summed E-state index contributed by atoms with van der Waals surface area (Å²) in [5, 5.41) is 10.3. The zero-order valence-corrected chi connectivity index (χ0v) is 16.7. The molecular weight excluding hydrogens is 418 g/mol. The monoisotopic (exact) mass is 435 g/mol. The van der Waals surface area contributed by atoms with Gasteiger partial charge in [0, 0.05) is 5.56 Å². The van der Waals surface area contributed by atoms with Crippen LogP contribution < -0.4 is 24.7 Å². The number of anilines is 1. The van der Waals surface area contributed by atoms with Crippen LogP contribution in [0.1, 0.15) is 0 Å². The Bertz CT molecular complexity index is 1030. The average Bonchev–Trinajstić information content (AvgIpc) is 2.69. The largest absolute Gasteiger partial charge is 0.507 e. The fourth-order valence-electron chi connectivity index (χ4n) is 2.83. The number of phenolic OH excluding ortho intramolecular Hbond substituents is 1. The molecule has 0 aliphatic carbocycles. The number of nitrogen functional groups attached to an aromatic ring is 1. The molecular formula is C18H18BrN3O5. The van der Waals surface area contributed by atoms with Crippen LogP contribution in [0.15, 0.2) is 22.7 Å². The lowest BCUT2D eigenvalue weighted by Gasteiger charge is -2.19. The summed E-state index contributed by atoms with van der Waals surface area (Å²) in [5.41, 5.74) is 8.16. The molecule has 0 fully saturated rings. The van der Waals surface area contributed by atoms with Crippen molar-refractivity contribution in [1.29, 1.82) is 0 Å². The first-order valence-electron chi connectivity index (χ1n) is 7.78. The van der Waals surface area contributed by atoms with Crippen LogP contribution in [0.25, 0.3) is 22.2 Å². The molecule has 3 rings (SSSR count). The zero-order chi connectivity index (χ0) is 19.7. The molecule has 8 nitrogen and oxygen atoms in total. The van der Waals surface area contributed by atoms with Crippen molar-refractivity contribution in [2.24, 2.45) is 0 Å². The summed E-state index contributed by atoms with van der Waals surface area (Å²) in [4.78, 5) is 8.85. The molecule has 142 valence electrons. The van der Waals surface area contributed by atoms with Gasteiger partial charge in [0.05, 0.1) is 44.0 Å². The molecule has 0 amide bonds. The molecule has 3 aromatic rings. The predicted octanol–water partition coefficient (Wildman–Crippen LogP) is 3.38. The number of hydrogen-bond acceptors (Lipinski definition) is 8. The summed E-state index contributed by atoms with van der Waals surface area (Å²) in [6.45, 7) is 0. The molecule has 0 radical (unpaired) electrons. The number of benzene rings is 2. The Morgan fingerprint density at radius 1 is 0.926 bits per heavy atom. The van der Waals surface area contributed by atoms with Gasteiger partial charge in [0.2, 0.25) is 5.75 Å². The highest BCUT2D eigenvalue weighted by molar-refractivity contribution is 9.10. The molecule has 0 aliphatic heterocycles. The summed E-state index contributed by atoms with van der Waals surface area (Å²) in [5.74, 6) is 1.12. The number of aromatic nitrogens is 2. The van der Waals surface area contributed by atoms with Gasteiger partial charge in [0.1, 0.15) is 17.0 Å². The van der Waals surface area contributed by atoms with E-state index >= 15 is 0 Å². The topological polar surface area (TPSA) is 109 Å². The van der Waals surface area contributed by atoms with E-state index in [1.54, 1.807) is 18.2 Å². The van der Waals surface area contributed by atoms with Gasteiger partial charge >= 0.3 is 6.01 Å². The van der Waals surface area contributed by atoms with Crippen LogP contribution in [-0.4, -0.2) is 43.5 Å². The summed E-state index contributed by atoms with van der Waals surface area (Å²) in [7, 11) is 5.95. The van der Waals surface area contributed by atoms with Gasteiger partial charge < -0.3 is 29.8 Å². The molecule has 1 aromatic heterocycles. The Balaban J connectivity index is 2.52. The van der Waals surface area contributed by atoms with Crippen molar-refractivity contribution in [2.45, 2.75) is 0 Å². The van der Waals surface area contributed by atoms with Gasteiger partial charge in [-0.25, -0.2) is 0 Å². The van der Waals surface area contributed by atoms with Crippen molar-refractivity contribution < 1.29 is 24.1 Å². The maximum absolute atomic E-state index is 9.81. The molecule has 27 heavy (non-hydrogen) atoms. The second-order valence-electron chi connectivity index (χ2n) is 5.46. The standard InChI is InChI=1S/C18H18BrN3O5/c1-24-15-11-13(8-5-6-10(23)9(19)7-8)21-18(27-4)22-14(11)12(20)16(25-2)17(15)26-3/h5-7,23H,20H2,1-4H3. The van der Waals surface area contributed by atoms with Crippen molar-refractivity contribution in [3.8, 4) is 40.3 Å². The fourth-order valence-corrected chi connectivity index (χ4v) is 3.21. The number of rotatable bonds is 5. The molecule has 3 N–H and O–H groups in total. The minimum absolute atomic E-state index is 0.106. The number of hydrogen-bond donors (Lipinski definition) is 2. The minimum atomic E-state index is 0.106. The van der Waals surface area contributed by atoms with Gasteiger partial charge in [-0.05, 0) is 34.1 Å². The Kier molecular flexibility index (Phi) is 5.13. The van der Waals surface area contributed by atoms with E-state index in [9.17, 15) is 5.11 Å². The zero-order valence-electron chi connectivity index (χ0n) is 15.2. The van der Waals surface area contributed by atoms with E-state index < -0.39 is 0 Å². The molecule has 0 spiro atoms. The van der Waals surface area contributed by atoms with E-state index in [-0.39, 0.29) is 17.4 Å². The number of nitrogens with zero attached hydrogens (tertiary/aromatic N) is 2. The third kappa shape index (κ3) is 3.03. The molecule has 0 atom stereocenters. The number of ether oxygens (including phenoxy) is 4. The van der Waals surface area contributed by atoms with E-state index in [4.69, 9.17) is 24.7 Å². The number of nitrogens with two attached hydrogens (primary N) is 1. The van der Waals surface area contributed by atoms with E-state index in [1.807, 2.05) is 0 Å². The molecule has 0 saturated carbocycles. The summed E-state index contributed by atoms with van der Waals surface area (Å²) >= 11 is 3.32. The van der Waals surface area contributed by atoms with Gasteiger partial charge in [-0.2, -0.15) is 9.97 Å². The molecule has 2 aromatic carbocycles. The molecule has 1 heterocycles. The van der Waals surface area contributed by atoms with Crippen LogP contribution in [0.4, 0.5) is 5.69 Å². The van der Waals surface area contributed by atoms with Crippen molar-refractivity contribution in [2.75, 3.05) is 34.2 Å². The van der Waals surface area contributed by atoms with Gasteiger partial charge in [-0.15, -0.1) is 0 Å². The molecule has 0 unspecified atom stereocenters. The van der Waals surface area contributed by atoms with Crippen LogP contribution in [0, 0.1) is 0 Å². The van der Waals surface area contributed by atoms with Gasteiger partial charge in [0.25, 0.3) is 0 Å². The first kappa shape index (κ1) is 18.8. The molecule has 0 aliphatic rings. The van der Waals surface area contributed by atoms with E-state index in [2.05, 4.69) is 25.9 Å². The lowest BCUT2D eigenvalue weighted by Crippen LogP contribution is -2.05. The summed E-state index contributed by atoms with van der Waals surface area (Å²) in [6, 6.07) is 5.12. The van der Waals surface area contributed by atoms with E-state index in [0.29, 0.717) is 43.9 Å². The van der Waals surface area contributed by atoms with Crippen molar-refractivity contribution in [3.05, 3.63) is 22.7 Å². The Morgan fingerprint density at radius 3 is 2.15 bits per heavy atom. The third-order valence-electron chi connectivity index (χ3n) is 4.04. The van der Waals surface area contributed by atoms with Crippen molar-refractivity contribution in [1.82, 2.24) is 9.97 Å². The molecule has 0 saturated heterocycles. The second kappa shape index (κ2) is 7.36. The van der Waals surface area contributed by atoms with Crippen molar-refractivity contribution >= 4 is 32.5 Å². The number of halogens is 1. The van der Waals surface area contributed by atoms with Gasteiger partial charge in [-0.3, -0.25) is 0 Å². The highest BCUT2D eigenvalue weighted by Gasteiger charge is 2.26. The minimum Gasteiger partial charge on any atom is -0.507 e. The van der Waals surface area contributed by atoms with Crippen LogP contribution in [-0.2, 0) is 0 Å². The number of phenols is 1. The lowest BCUT2D eigenvalue weighted by molar-refractivity contribution is 0.328. The first-order valence-corrected chi connectivity index (χ1v) is 8.58. The Morgan fingerprint density at radius 2 is 1.59 bits per heavy atom. The Labute approximate surface area is 164 Å². The summed E-state index contributed by atoms with van der Waals surface area (Å²) < 4.78 is 22.2. The predicted molar refractivity (Wildman–Crippen MR) is 105 cm³/mol. The quantitative estimate of drug-likeness (QED) is 0.586. The molecule has 9 heteroatoms. The SMILES string of the molecule is COc1nc(-c2ccc(O)c(Br)c2)c2c(OC)c(OC)c(OC)c(N)c2n1. The van der Waals surface area contributed by atoms with E-state index in [1.165, 1.54) is 28.4 Å². The third-order valence-corrected chi connectivity index (χ3v) is 4.68. The smallest absolute Gasteiger partial charge is 0.317 e. The number of fused-ring (bicyclic) bond motifs is 1. The van der Waals surface area contributed by atoms with Crippen LogP contribution in [0.2, 0.25) is 0 Å². The van der Waals surface area contributed by atoms with Crippen LogP contribution in [0.5, 0.6) is 29.0 Å². The fraction of sp³-hybridized carbons (Fsp3) is 0.222. The van der Waals surface area contributed by atoms with E-state index in [0.717, 1.165) is 0 Å². The highest BCUT2D eigenvalue weighted by atomic mass is 79.9. The van der Waals surface area contributed by atoms with Crippen LogP contribution in [0.3, 0.4) is 0 Å². The van der Waals surface area contributed by atoms with Crippen molar-refractivity contribution in [3.63, 3.8) is 0 Å². The Hall–Kier alpha value is -2.94. The second-order valence-corrected chi connectivity index (χ2v) is 6.32. The highest BCUT2D eigenvalue weighted by Crippen LogP contribution is 2.50. The number of methoxy groups -OCH3 is 4. The number of aromatic hydroxyl groups is 1. The normalized spacial score (nSPS) is 10.7. The summed E-state index contributed by atoms with van der Waals surface area (Å²) in [6.07, 6.45) is 0. The van der Waals surface area contributed by atoms with Gasteiger partial charge in [0.15, 0.2) is 11.5 Å². The lowest BCUT2D eigenvalue weighted by atomic mass is 10.0. The molecule has 0 bridgehead atoms. The van der Waals surface area contributed by atoms with Gasteiger partial charge in [-0.1, -0.05) is 0 Å². The van der Waals surface area contributed by atoms with Crippen LogP contribution >= 0.6 is 15.9 Å². The maximum atomic E-state index is 9.81. The average molecular weight is 436 g/mol.